The minimum atomic E-state index is -0.866. The van der Waals surface area contributed by atoms with E-state index in [0.29, 0.717) is 29.4 Å². The Labute approximate surface area is 203 Å². The number of rotatable bonds is 5. The molecule has 5 rings (SSSR count). The van der Waals surface area contributed by atoms with Crippen molar-refractivity contribution in [2.24, 2.45) is 0 Å². The number of aromatic nitrogens is 1. The van der Waals surface area contributed by atoms with Crippen LogP contribution in [0.1, 0.15) is 40.4 Å². The van der Waals surface area contributed by atoms with Crippen molar-refractivity contribution in [1.82, 2.24) is 5.16 Å². The van der Waals surface area contributed by atoms with Crippen molar-refractivity contribution < 1.29 is 23.2 Å². The summed E-state index contributed by atoms with van der Waals surface area (Å²) in [6, 6.07) is 8.86. The van der Waals surface area contributed by atoms with Crippen LogP contribution in [0.15, 0.2) is 50.1 Å². The number of carbonyl (C=O) groups excluding carboxylic acids is 1. The first kappa shape index (κ1) is 22.3. The molecule has 34 heavy (non-hydrogen) atoms. The smallest absolute Gasteiger partial charge is 0.296 e. The van der Waals surface area contributed by atoms with E-state index in [4.69, 9.17) is 41.6 Å². The van der Waals surface area contributed by atoms with Crippen LogP contribution in [-0.4, -0.2) is 24.8 Å². The quantitative estimate of drug-likeness (QED) is 0.354. The number of halogens is 2. The zero-order valence-electron chi connectivity index (χ0n) is 18.3. The van der Waals surface area contributed by atoms with Gasteiger partial charge in [0.05, 0.1) is 35.7 Å². The third kappa shape index (κ3) is 3.41. The molecule has 10 heteroatoms. The number of carbonyl (C=O) groups is 1. The zero-order chi connectivity index (χ0) is 24.1. The van der Waals surface area contributed by atoms with E-state index in [1.807, 2.05) is 6.92 Å². The van der Waals surface area contributed by atoms with Crippen molar-refractivity contribution in [2.75, 3.05) is 18.6 Å². The van der Waals surface area contributed by atoms with Crippen LogP contribution in [0.4, 0.5) is 5.82 Å². The molecule has 4 aromatic rings. The summed E-state index contributed by atoms with van der Waals surface area (Å²) in [5.74, 6) is 1.05. The highest BCUT2D eigenvalue weighted by Gasteiger charge is 2.45. The molecule has 3 heterocycles. The highest BCUT2D eigenvalue weighted by atomic mass is 35.5. The first-order chi connectivity index (χ1) is 16.3. The molecule has 0 bridgehead atoms. The van der Waals surface area contributed by atoms with Crippen molar-refractivity contribution in [3.8, 4) is 11.5 Å². The first-order valence-electron chi connectivity index (χ1n) is 10.4. The maximum atomic E-state index is 13.7. The van der Waals surface area contributed by atoms with E-state index in [9.17, 15) is 9.59 Å². The fourth-order valence-corrected chi connectivity index (χ4v) is 4.68. The first-order valence-corrected chi connectivity index (χ1v) is 11.1. The summed E-state index contributed by atoms with van der Waals surface area (Å²) in [6.45, 7) is 4.01. The molecular formula is C24H18Cl2N2O6. The topological polar surface area (TPSA) is 95.0 Å². The predicted molar refractivity (Wildman–Crippen MR) is 127 cm³/mol. The second-order valence-electron chi connectivity index (χ2n) is 7.66. The lowest BCUT2D eigenvalue weighted by atomic mass is 9.98. The molecule has 0 saturated carbocycles. The summed E-state index contributed by atoms with van der Waals surface area (Å²) in [5, 5.41) is 4.59. The Morgan fingerprint density at radius 1 is 1.12 bits per heavy atom. The van der Waals surface area contributed by atoms with E-state index >= 15 is 0 Å². The molecule has 1 atom stereocenters. The summed E-state index contributed by atoms with van der Waals surface area (Å²) in [6.07, 6.45) is 0. The number of methoxy groups -OCH3 is 1. The lowest BCUT2D eigenvalue weighted by molar-refractivity contribution is 0.0969. The average Bonchev–Trinajstić information content (AvgIpc) is 3.36. The second kappa shape index (κ2) is 8.38. The fraction of sp³-hybridized carbons (Fsp3) is 0.208. The van der Waals surface area contributed by atoms with Crippen LogP contribution in [0.3, 0.4) is 0 Å². The number of hydrogen-bond donors (Lipinski definition) is 0. The molecule has 174 valence electrons. The van der Waals surface area contributed by atoms with Crippen LogP contribution >= 0.6 is 23.2 Å². The standard InChI is InChI=1S/C24H18Cl2N2O6/c1-4-32-16-6-5-12(8-17(16)31-3)20-19-21(29)14-9-13(25)10-15(26)22(14)33-23(19)24(30)28(20)18-7-11(2)34-27-18/h5-10,20H,4H2,1-3H3. The molecule has 0 N–H and O–H groups in total. The molecular weight excluding hydrogens is 483 g/mol. The van der Waals surface area contributed by atoms with Gasteiger partial charge in [0, 0.05) is 11.1 Å². The molecule has 0 radical (unpaired) electrons. The number of benzene rings is 2. The lowest BCUT2D eigenvalue weighted by Gasteiger charge is -2.23. The summed E-state index contributed by atoms with van der Waals surface area (Å²) in [4.78, 5) is 28.6. The van der Waals surface area contributed by atoms with Crippen molar-refractivity contribution in [3.63, 3.8) is 0 Å². The highest BCUT2D eigenvalue weighted by Crippen LogP contribution is 2.43. The molecule has 0 saturated heterocycles. The van der Waals surface area contributed by atoms with E-state index in [0.717, 1.165) is 0 Å². The molecule has 1 aliphatic heterocycles. The van der Waals surface area contributed by atoms with Gasteiger partial charge in [-0.05, 0) is 43.7 Å². The average molecular weight is 501 g/mol. The molecule has 2 aromatic carbocycles. The van der Waals surface area contributed by atoms with E-state index in [2.05, 4.69) is 5.16 Å². The number of amides is 1. The Bertz CT molecular complexity index is 1510. The Kier molecular flexibility index (Phi) is 5.50. The second-order valence-corrected chi connectivity index (χ2v) is 8.50. The largest absolute Gasteiger partial charge is 0.493 e. The third-order valence-corrected chi connectivity index (χ3v) is 6.06. The molecule has 0 aliphatic carbocycles. The molecule has 1 unspecified atom stereocenters. The van der Waals surface area contributed by atoms with Gasteiger partial charge in [-0.3, -0.25) is 14.5 Å². The Morgan fingerprint density at radius 3 is 2.59 bits per heavy atom. The number of hydrogen-bond acceptors (Lipinski definition) is 7. The van der Waals surface area contributed by atoms with E-state index in [-0.39, 0.29) is 38.2 Å². The number of ether oxygens (including phenoxy) is 2. The van der Waals surface area contributed by atoms with Gasteiger partial charge in [-0.2, -0.15) is 0 Å². The van der Waals surface area contributed by atoms with Crippen LogP contribution in [0.5, 0.6) is 11.5 Å². The van der Waals surface area contributed by atoms with Gasteiger partial charge in [0.25, 0.3) is 5.91 Å². The number of fused-ring (bicyclic) bond motifs is 2. The predicted octanol–water partition coefficient (Wildman–Crippen LogP) is 5.55. The van der Waals surface area contributed by atoms with Gasteiger partial charge in [-0.15, -0.1) is 0 Å². The van der Waals surface area contributed by atoms with Gasteiger partial charge >= 0.3 is 0 Å². The van der Waals surface area contributed by atoms with E-state index in [1.165, 1.54) is 24.1 Å². The fourth-order valence-electron chi connectivity index (χ4n) is 4.15. The van der Waals surface area contributed by atoms with E-state index < -0.39 is 17.4 Å². The highest BCUT2D eigenvalue weighted by molar-refractivity contribution is 6.38. The number of nitrogens with zero attached hydrogens (tertiary/aromatic N) is 2. The lowest BCUT2D eigenvalue weighted by Crippen LogP contribution is -2.29. The molecule has 1 aliphatic rings. The van der Waals surface area contributed by atoms with Gasteiger partial charge in [0.1, 0.15) is 5.76 Å². The normalized spacial score (nSPS) is 15.1. The summed E-state index contributed by atoms with van der Waals surface area (Å²) in [7, 11) is 1.51. The van der Waals surface area contributed by atoms with Crippen LogP contribution in [0, 0.1) is 6.92 Å². The minimum Gasteiger partial charge on any atom is -0.493 e. The molecule has 0 fully saturated rings. The Morgan fingerprint density at radius 2 is 1.91 bits per heavy atom. The van der Waals surface area contributed by atoms with Gasteiger partial charge < -0.3 is 18.4 Å². The summed E-state index contributed by atoms with van der Waals surface area (Å²) < 4.78 is 22.2. The molecule has 1 amide bonds. The van der Waals surface area contributed by atoms with Gasteiger partial charge in [0.15, 0.2) is 28.3 Å². The van der Waals surface area contributed by atoms with Crippen molar-refractivity contribution >= 4 is 45.9 Å². The number of anilines is 1. The maximum absolute atomic E-state index is 13.7. The van der Waals surface area contributed by atoms with Crippen LogP contribution in [0.2, 0.25) is 10.0 Å². The summed E-state index contributed by atoms with van der Waals surface area (Å²) in [5.41, 5.74) is 0.398. The monoisotopic (exact) mass is 500 g/mol. The van der Waals surface area contributed by atoms with Crippen molar-refractivity contribution in [1.29, 1.82) is 0 Å². The van der Waals surface area contributed by atoms with Crippen molar-refractivity contribution in [3.05, 3.63) is 79.3 Å². The van der Waals surface area contributed by atoms with Gasteiger partial charge in [-0.25, -0.2) is 0 Å². The number of aryl methyl sites for hydroxylation is 1. The van der Waals surface area contributed by atoms with E-state index in [1.54, 1.807) is 31.2 Å². The minimum absolute atomic E-state index is 0.0874. The maximum Gasteiger partial charge on any atom is 0.296 e. The summed E-state index contributed by atoms with van der Waals surface area (Å²) >= 11 is 12.4. The van der Waals surface area contributed by atoms with Crippen LogP contribution in [-0.2, 0) is 0 Å². The molecule has 2 aromatic heterocycles. The Balaban J connectivity index is 1.81. The third-order valence-electron chi connectivity index (χ3n) is 5.56. The molecule has 0 spiro atoms. The van der Waals surface area contributed by atoms with Crippen LogP contribution < -0.4 is 19.8 Å². The molecule has 8 nitrogen and oxygen atoms in total. The van der Waals surface area contributed by atoms with Crippen LogP contribution in [0.25, 0.3) is 11.0 Å². The SMILES string of the molecule is CCOc1ccc(C2c3c(oc4c(Cl)cc(Cl)cc4c3=O)C(=O)N2c2cc(C)on2)cc1OC. The van der Waals surface area contributed by atoms with Gasteiger partial charge in [0.2, 0.25) is 5.76 Å². The Hall–Kier alpha value is -3.49. The zero-order valence-corrected chi connectivity index (χ0v) is 19.9. The van der Waals surface area contributed by atoms with Crippen molar-refractivity contribution in [2.45, 2.75) is 19.9 Å². The van der Waals surface area contributed by atoms with Gasteiger partial charge in [-0.1, -0.05) is 34.4 Å².